The first-order valence-corrected chi connectivity index (χ1v) is 16.0. The second-order valence-corrected chi connectivity index (χ2v) is 11.2. The van der Waals surface area contributed by atoms with Crippen LogP contribution >= 0.6 is 0 Å². The molecule has 0 saturated heterocycles. The number of hydrogen-bond donors (Lipinski definition) is 1. The van der Waals surface area contributed by atoms with Crippen molar-refractivity contribution in [2.24, 2.45) is 15.3 Å². The summed E-state index contributed by atoms with van der Waals surface area (Å²) in [6.07, 6.45) is 6.24. The molecule has 0 aliphatic carbocycles. The quantitative estimate of drug-likeness (QED) is 0.0157. The number of ether oxygens (including phenoxy) is 1. The number of hydrogen-bond acceptors (Lipinski definition) is 7. The maximum absolute atomic E-state index is 10.3. The highest BCUT2D eigenvalue weighted by atomic mass is 17.2. The van der Waals surface area contributed by atoms with E-state index in [-0.39, 0.29) is 0 Å². The van der Waals surface area contributed by atoms with Gasteiger partial charge in [0.2, 0.25) is 0 Å². The molecule has 248 valence electrons. The van der Waals surface area contributed by atoms with Gasteiger partial charge in [-0.05, 0) is 109 Å². The standard InChI is InChI=1S/C34H43N9O4/c1-34(28-13-11-27(12-14-28)9-4-2-5-23-38-41-35,29-15-19-31(20-16-29)46-33(44)10-8-25-40-43-37)30-17-21-32(22-18-30)47-45-26-7-3-6-24-39-42-36/h11-22,33,44H,2-10,23-26H2,1H3. The van der Waals surface area contributed by atoms with Crippen molar-refractivity contribution in [2.45, 2.75) is 76.4 Å². The van der Waals surface area contributed by atoms with Gasteiger partial charge in [0, 0.05) is 46.2 Å². The maximum Gasteiger partial charge on any atom is 0.197 e. The van der Waals surface area contributed by atoms with Crippen LogP contribution in [0.3, 0.4) is 0 Å². The van der Waals surface area contributed by atoms with Crippen LogP contribution in [0.25, 0.3) is 31.3 Å². The number of aliphatic hydroxyl groups is 1. The molecule has 0 amide bonds. The third-order valence-electron chi connectivity index (χ3n) is 7.93. The molecule has 0 aliphatic heterocycles. The van der Waals surface area contributed by atoms with Gasteiger partial charge in [-0.3, -0.25) is 0 Å². The van der Waals surface area contributed by atoms with E-state index < -0.39 is 11.7 Å². The molecule has 0 saturated carbocycles. The molecule has 3 aromatic carbocycles. The molecule has 3 rings (SSSR count). The summed E-state index contributed by atoms with van der Waals surface area (Å²) in [5.41, 5.74) is 29.2. The fourth-order valence-electron chi connectivity index (χ4n) is 5.22. The highest BCUT2D eigenvalue weighted by molar-refractivity contribution is 5.51. The summed E-state index contributed by atoms with van der Waals surface area (Å²) in [7, 11) is 0. The predicted molar refractivity (Wildman–Crippen MR) is 181 cm³/mol. The van der Waals surface area contributed by atoms with Gasteiger partial charge in [0.25, 0.3) is 0 Å². The lowest BCUT2D eigenvalue weighted by Crippen LogP contribution is -2.25. The zero-order chi connectivity index (χ0) is 33.6. The molecule has 0 spiro atoms. The van der Waals surface area contributed by atoms with Crippen molar-refractivity contribution < 1.29 is 19.6 Å². The molecule has 0 bridgehead atoms. The highest BCUT2D eigenvalue weighted by Gasteiger charge is 2.31. The Labute approximate surface area is 275 Å². The van der Waals surface area contributed by atoms with E-state index in [2.05, 4.69) is 61.3 Å². The van der Waals surface area contributed by atoms with Crippen LogP contribution in [0.5, 0.6) is 11.5 Å². The Bertz CT molecular complexity index is 1480. The molecule has 0 aromatic heterocycles. The number of azide groups is 3. The number of benzene rings is 3. The molecule has 0 heterocycles. The molecular weight excluding hydrogens is 598 g/mol. The first kappa shape index (κ1) is 36.6. The van der Waals surface area contributed by atoms with Crippen molar-refractivity contribution in [1.29, 1.82) is 0 Å². The van der Waals surface area contributed by atoms with Crippen LogP contribution in [0, 0.1) is 0 Å². The largest absolute Gasteiger partial charge is 0.465 e. The van der Waals surface area contributed by atoms with Crippen molar-refractivity contribution >= 4 is 0 Å². The molecule has 1 N–H and O–H groups in total. The highest BCUT2D eigenvalue weighted by Crippen LogP contribution is 2.40. The Morgan fingerprint density at radius 1 is 0.638 bits per heavy atom. The number of rotatable bonds is 23. The van der Waals surface area contributed by atoms with Crippen molar-refractivity contribution in [2.75, 3.05) is 26.2 Å². The van der Waals surface area contributed by atoms with Gasteiger partial charge in [-0.1, -0.05) is 76.7 Å². The van der Waals surface area contributed by atoms with Crippen LogP contribution in [0.1, 0.15) is 80.5 Å². The van der Waals surface area contributed by atoms with Gasteiger partial charge < -0.3 is 14.7 Å². The molecule has 47 heavy (non-hydrogen) atoms. The lowest BCUT2D eigenvalue weighted by Gasteiger charge is -2.32. The van der Waals surface area contributed by atoms with E-state index in [9.17, 15) is 5.11 Å². The van der Waals surface area contributed by atoms with Crippen LogP contribution in [0.4, 0.5) is 0 Å². The van der Waals surface area contributed by atoms with Gasteiger partial charge >= 0.3 is 0 Å². The molecule has 2 unspecified atom stereocenters. The summed E-state index contributed by atoms with van der Waals surface area (Å²) in [5.74, 6) is 1.14. The average molecular weight is 642 g/mol. The summed E-state index contributed by atoms with van der Waals surface area (Å²) in [6.45, 7) is 3.94. The molecule has 3 aromatic rings. The second-order valence-electron chi connectivity index (χ2n) is 11.2. The Morgan fingerprint density at radius 3 is 1.68 bits per heavy atom. The minimum Gasteiger partial charge on any atom is -0.465 e. The fourth-order valence-corrected chi connectivity index (χ4v) is 5.22. The maximum atomic E-state index is 10.3. The molecule has 0 radical (unpaired) electrons. The van der Waals surface area contributed by atoms with Crippen molar-refractivity contribution in [3.8, 4) is 11.5 Å². The first-order valence-electron chi connectivity index (χ1n) is 16.0. The Hall–Kier alpha value is -4.89. The van der Waals surface area contributed by atoms with Crippen molar-refractivity contribution in [3.05, 3.63) is 126 Å². The van der Waals surface area contributed by atoms with Crippen LogP contribution < -0.4 is 9.62 Å². The zero-order valence-corrected chi connectivity index (χ0v) is 26.9. The van der Waals surface area contributed by atoms with E-state index in [4.69, 9.17) is 31.1 Å². The second kappa shape index (κ2) is 21.0. The van der Waals surface area contributed by atoms with Crippen LogP contribution in [-0.4, -0.2) is 37.6 Å². The summed E-state index contributed by atoms with van der Waals surface area (Å²) in [5, 5.41) is 20.9. The van der Waals surface area contributed by atoms with Crippen LogP contribution in [0.15, 0.2) is 88.1 Å². The van der Waals surface area contributed by atoms with Crippen LogP contribution in [-0.2, 0) is 16.7 Å². The number of unbranched alkanes of at least 4 members (excludes halogenated alkanes) is 4. The van der Waals surface area contributed by atoms with E-state index in [1.165, 1.54) is 5.56 Å². The fraction of sp³-hybridized carbons (Fsp3) is 0.471. The third kappa shape index (κ3) is 12.4. The lowest BCUT2D eigenvalue weighted by molar-refractivity contribution is -0.207. The number of nitrogens with zero attached hydrogens (tertiary/aromatic N) is 9. The molecule has 2 atom stereocenters. The predicted octanol–water partition coefficient (Wildman–Crippen LogP) is 9.64. The SMILES string of the molecule is CC(c1ccc(CCCCCN=[N+]=[N-])cc1)(c1ccc(OOCCCCCN=[N+]=[N-])cc1)c1ccc(OC(O)CCCN=[N+]=[N-])cc1. The Morgan fingerprint density at radius 2 is 1.13 bits per heavy atom. The van der Waals surface area contributed by atoms with Gasteiger partial charge in [0.1, 0.15) is 5.75 Å². The summed E-state index contributed by atoms with van der Waals surface area (Å²) < 4.78 is 5.70. The van der Waals surface area contributed by atoms with E-state index in [0.29, 0.717) is 50.6 Å². The van der Waals surface area contributed by atoms with Gasteiger partial charge in [0.15, 0.2) is 12.0 Å². The van der Waals surface area contributed by atoms with Gasteiger partial charge in [-0.15, -0.1) is 0 Å². The average Bonchev–Trinajstić information content (AvgIpc) is 3.10. The molecular formula is C34H43N9O4. The minimum atomic E-state index is -1.000. The lowest BCUT2D eigenvalue weighted by atomic mass is 9.71. The van der Waals surface area contributed by atoms with Gasteiger partial charge in [-0.2, -0.15) is 4.89 Å². The normalized spacial score (nSPS) is 12.5. The summed E-state index contributed by atoms with van der Waals surface area (Å²) in [6, 6.07) is 24.3. The van der Waals surface area contributed by atoms with Gasteiger partial charge in [0.05, 0.1) is 6.61 Å². The topological polar surface area (TPSA) is 194 Å². The smallest absolute Gasteiger partial charge is 0.197 e. The number of aryl methyl sites for hydroxylation is 1. The Kier molecular flexibility index (Phi) is 16.3. The van der Waals surface area contributed by atoms with Crippen molar-refractivity contribution in [1.82, 2.24) is 0 Å². The van der Waals surface area contributed by atoms with E-state index >= 15 is 0 Å². The monoisotopic (exact) mass is 641 g/mol. The van der Waals surface area contributed by atoms with E-state index in [1.54, 1.807) is 0 Å². The molecule has 0 fully saturated rings. The number of aliphatic hydroxyl groups excluding tert-OH is 1. The molecule has 13 heteroatoms. The minimum absolute atomic E-state index is 0.306. The Balaban J connectivity index is 1.74. The third-order valence-corrected chi connectivity index (χ3v) is 7.93. The molecule has 0 aliphatic rings. The van der Waals surface area contributed by atoms with E-state index in [0.717, 1.165) is 61.6 Å². The molecule has 13 nitrogen and oxygen atoms in total. The first-order chi connectivity index (χ1) is 23.0. The van der Waals surface area contributed by atoms with Crippen molar-refractivity contribution in [3.63, 3.8) is 0 Å². The summed E-state index contributed by atoms with van der Waals surface area (Å²) in [4.78, 5) is 19.2. The summed E-state index contributed by atoms with van der Waals surface area (Å²) >= 11 is 0. The zero-order valence-electron chi connectivity index (χ0n) is 26.9. The van der Waals surface area contributed by atoms with E-state index in [1.807, 2.05) is 48.5 Å². The van der Waals surface area contributed by atoms with Crippen LogP contribution in [0.2, 0.25) is 0 Å². The van der Waals surface area contributed by atoms with Gasteiger partial charge in [-0.25, -0.2) is 0 Å².